The summed E-state index contributed by atoms with van der Waals surface area (Å²) in [6.45, 7) is 6.19. The number of hydrogen-bond donors (Lipinski definition) is 1. The third-order valence-corrected chi connectivity index (χ3v) is 2.50. The van der Waals surface area contributed by atoms with Crippen molar-refractivity contribution in [2.24, 2.45) is 0 Å². The zero-order valence-electron chi connectivity index (χ0n) is 11.7. The van der Waals surface area contributed by atoms with Gasteiger partial charge in [-0.25, -0.2) is 9.97 Å². The fraction of sp³-hybridized carbons (Fsp3) is 0.692. The Balaban J connectivity index is 2.89. The quantitative estimate of drug-likeness (QED) is 0.769. The smallest absolute Gasteiger partial charge is 0.136 e. The molecule has 0 aromatic carbocycles. The second-order valence-corrected chi connectivity index (χ2v) is 4.32. The van der Waals surface area contributed by atoms with Crippen LogP contribution in [0.2, 0.25) is 0 Å². The molecule has 102 valence electrons. The van der Waals surface area contributed by atoms with Crippen LogP contribution in [0.1, 0.15) is 37.7 Å². The van der Waals surface area contributed by atoms with Crippen LogP contribution >= 0.6 is 0 Å². The predicted octanol–water partition coefficient (Wildman–Crippen LogP) is 2.19. The molecule has 0 aliphatic rings. The molecule has 0 amide bonds. The number of nitrogens with one attached hydrogen (secondary N) is 1. The van der Waals surface area contributed by atoms with E-state index in [1.54, 1.807) is 14.2 Å². The standard InChI is InChI=1S/C13H23N3O2/c1-5-6-14-12-7-11(9-18-4)15-13(16-12)10(2)8-17-3/h7,10H,5-6,8-9H2,1-4H3,(H,14,15,16). The van der Waals surface area contributed by atoms with Crippen molar-refractivity contribution in [3.05, 3.63) is 17.6 Å². The Hall–Kier alpha value is -1.20. The SMILES string of the molecule is CCCNc1cc(COC)nc(C(C)COC)n1. The van der Waals surface area contributed by atoms with Crippen LogP contribution in [0.4, 0.5) is 5.82 Å². The summed E-state index contributed by atoms with van der Waals surface area (Å²) in [5.41, 5.74) is 0.893. The molecule has 0 aliphatic carbocycles. The van der Waals surface area contributed by atoms with Crippen molar-refractivity contribution in [2.45, 2.75) is 32.8 Å². The first kappa shape index (κ1) is 14.9. The van der Waals surface area contributed by atoms with Gasteiger partial charge in [-0.2, -0.15) is 0 Å². The maximum absolute atomic E-state index is 5.15. The lowest BCUT2D eigenvalue weighted by Crippen LogP contribution is -2.12. The van der Waals surface area contributed by atoms with Gasteiger partial charge in [0.2, 0.25) is 0 Å². The number of methoxy groups -OCH3 is 2. The average Bonchev–Trinajstić information content (AvgIpc) is 2.37. The van der Waals surface area contributed by atoms with Gasteiger partial charge in [0.25, 0.3) is 0 Å². The molecule has 5 nitrogen and oxygen atoms in total. The predicted molar refractivity (Wildman–Crippen MR) is 71.8 cm³/mol. The van der Waals surface area contributed by atoms with Crippen LogP contribution in [0.3, 0.4) is 0 Å². The highest BCUT2D eigenvalue weighted by Crippen LogP contribution is 2.15. The van der Waals surface area contributed by atoms with E-state index in [1.165, 1.54) is 0 Å². The highest BCUT2D eigenvalue weighted by molar-refractivity contribution is 5.36. The first-order chi connectivity index (χ1) is 8.71. The third-order valence-electron chi connectivity index (χ3n) is 2.50. The molecule has 0 saturated heterocycles. The lowest BCUT2D eigenvalue weighted by atomic mass is 10.2. The Morgan fingerprint density at radius 3 is 2.67 bits per heavy atom. The molecule has 0 fully saturated rings. The number of hydrogen-bond acceptors (Lipinski definition) is 5. The number of ether oxygens (including phenoxy) is 2. The molecule has 0 radical (unpaired) electrons. The highest BCUT2D eigenvalue weighted by atomic mass is 16.5. The first-order valence-electron chi connectivity index (χ1n) is 6.30. The highest BCUT2D eigenvalue weighted by Gasteiger charge is 2.11. The van der Waals surface area contributed by atoms with Crippen molar-refractivity contribution in [2.75, 3.05) is 32.7 Å². The Bertz CT molecular complexity index is 358. The molecule has 18 heavy (non-hydrogen) atoms. The second-order valence-electron chi connectivity index (χ2n) is 4.32. The molecule has 0 aliphatic heterocycles. The van der Waals surface area contributed by atoms with Crippen molar-refractivity contribution >= 4 is 5.82 Å². The molecular formula is C13H23N3O2. The van der Waals surface area contributed by atoms with Crippen molar-refractivity contribution in [3.63, 3.8) is 0 Å². The Labute approximate surface area is 109 Å². The van der Waals surface area contributed by atoms with Gasteiger partial charge in [0, 0.05) is 32.7 Å². The molecule has 1 heterocycles. The van der Waals surface area contributed by atoms with Crippen molar-refractivity contribution in [1.82, 2.24) is 9.97 Å². The fourth-order valence-electron chi connectivity index (χ4n) is 1.63. The summed E-state index contributed by atoms with van der Waals surface area (Å²) in [4.78, 5) is 9.01. The van der Waals surface area contributed by atoms with E-state index in [2.05, 4.69) is 29.1 Å². The van der Waals surface area contributed by atoms with Crippen molar-refractivity contribution < 1.29 is 9.47 Å². The molecule has 1 aromatic heterocycles. The van der Waals surface area contributed by atoms with Crippen LogP contribution in [0.5, 0.6) is 0 Å². The average molecular weight is 253 g/mol. The number of anilines is 1. The number of rotatable bonds is 8. The Morgan fingerprint density at radius 1 is 1.28 bits per heavy atom. The van der Waals surface area contributed by atoms with Gasteiger partial charge in [0.15, 0.2) is 0 Å². The van der Waals surface area contributed by atoms with Gasteiger partial charge >= 0.3 is 0 Å². The summed E-state index contributed by atoms with van der Waals surface area (Å²) >= 11 is 0. The molecule has 1 atom stereocenters. The van der Waals surface area contributed by atoms with Gasteiger partial charge in [-0.05, 0) is 6.42 Å². The zero-order chi connectivity index (χ0) is 13.4. The molecule has 1 aromatic rings. The molecule has 0 spiro atoms. The van der Waals surface area contributed by atoms with Gasteiger partial charge in [-0.1, -0.05) is 13.8 Å². The normalized spacial score (nSPS) is 12.4. The number of aromatic nitrogens is 2. The minimum absolute atomic E-state index is 0.175. The summed E-state index contributed by atoms with van der Waals surface area (Å²) in [7, 11) is 3.35. The van der Waals surface area contributed by atoms with E-state index >= 15 is 0 Å². The zero-order valence-corrected chi connectivity index (χ0v) is 11.7. The molecule has 1 rings (SSSR count). The van der Waals surface area contributed by atoms with E-state index in [0.717, 1.165) is 30.3 Å². The topological polar surface area (TPSA) is 56.3 Å². The summed E-state index contributed by atoms with van der Waals surface area (Å²) in [6, 6.07) is 1.93. The third kappa shape index (κ3) is 4.58. The molecular weight excluding hydrogens is 230 g/mol. The van der Waals surface area contributed by atoms with Crippen LogP contribution in [-0.2, 0) is 16.1 Å². The van der Waals surface area contributed by atoms with Crippen LogP contribution in [0.25, 0.3) is 0 Å². The molecule has 5 heteroatoms. The van der Waals surface area contributed by atoms with Crippen molar-refractivity contribution in [1.29, 1.82) is 0 Å². The van der Waals surface area contributed by atoms with Crippen LogP contribution < -0.4 is 5.32 Å². The Morgan fingerprint density at radius 2 is 2.06 bits per heavy atom. The summed E-state index contributed by atoms with van der Waals surface area (Å²) in [6.07, 6.45) is 1.06. The van der Waals surface area contributed by atoms with E-state index in [0.29, 0.717) is 13.2 Å². The first-order valence-corrected chi connectivity index (χ1v) is 6.30. The van der Waals surface area contributed by atoms with Gasteiger partial charge in [0.1, 0.15) is 11.6 Å². The van der Waals surface area contributed by atoms with Gasteiger partial charge in [0.05, 0.1) is 18.9 Å². The van der Waals surface area contributed by atoms with Gasteiger partial charge < -0.3 is 14.8 Å². The fourth-order valence-corrected chi connectivity index (χ4v) is 1.63. The molecule has 0 saturated carbocycles. The molecule has 0 bridgehead atoms. The van der Waals surface area contributed by atoms with E-state index in [1.807, 2.05) is 6.07 Å². The van der Waals surface area contributed by atoms with E-state index in [9.17, 15) is 0 Å². The van der Waals surface area contributed by atoms with Crippen LogP contribution in [-0.4, -0.2) is 37.3 Å². The van der Waals surface area contributed by atoms with Crippen LogP contribution in [0, 0.1) is 0 Å². The second kappa shape index (κ2) is 8.00. The van der Waals surface area contributed by atoms with E-state index < -0.39 is 0 Å². The van der Waals surface area contributed by atoms with E-state index in [-0.39, 0.29) is 5.92 Å². The number of nitrogens with zero attached hydrogens (tertiary/aromatic N) is 2. The molecule has 1 unspecified atom stereocenters. The van der Waals surface area contributed by atoms with Crippen LogP contribution in [0.15, 0.2) is 6.07 Å². The largest absolute Gasteiger partial charge is 0.384 e. The molecule has 1 N–H and O–H groups in total. The summed E-state index contributed by atoms with van der Waals surface area (Å²) in [5, 5.41) is 3.28. The van der Waals surface area contributed by atoms with Gasteiger partial charge in [-0.15, -0.1) is 0 Å². The van der Waals surface area contributed by atoms with E-state index in [4.69, 9.17) is 9.47 Å². The summed E-state index contributed by atoms with van der Waals surface area (Å²) in [5.74, 6) is 1.83. The van der Waals surface area contributed by atoms with Gasteiger partial charge in [-0.3, -0.25) is 0 Å². The minimum atomic E-state index is 0.175. The summed E-state index contributed by atoms with van der Waals surface area (Å²) < 4.78 is 10.3. The lowest BCUT2D eigenvalue weighted by Gasteiger charge is -2.13. The lowest BCUT2D eigenvalue weighted by molar-refractivity contribution is 0.176. The maximum Gasteiger partial charge on any atom is 0.136 e. The minimum Gasteiger partial charge on any atom is -0.384 e. The van der Waals surface area contributed by atoms with Crippen molar-refractivity contribution in [3.8, 4) is 0 Å². The maximum atomic E-state index is 5.15. The monoisotopic (exact) mass is 253 g/mol. The Kier molecular flexibility index (Phi) is 6.60.